The van der Waals surface area contributed by atoms with Gasteiger partial charge in [0.1, 0.15) is 11.8 Å². The predicted octanol–water partition coefficient (Wildman–Crippen LogP) is 0.955. The molecule has 4 nitrogen and oxygen atoms in total. The minimum absolute atomic E-state index is 0.208. The van der Waals surface area contributed by atoms with Crippen molar-refractivity contribution in [3.63, 3.8) is 0 Å². The zero-order chi connectivity index (χ0) is 10.6. The summed E-state index contributed by atoms with van der Waals surface area (Å²) < 4.78 is 0. The molecule has 1 aromatic carbocycles. The van der Waals surface area contributed by atoms with Crippen molar-refractivity contribution >= 4 is 5.97 Å². The Balaban J connectivity index is 2.46. The molecule has 0 amide bonds. The van der Waals surface area contributed by atoms with Gasteiger partial charge in [0.2, 0.25) is 0 Å². The van der Waals surface area contributed by atoms with Crippen molar-refractivity contribution in [2.45, 2.75) is 19.5 Å². The van der Waals surface area contributed by atoms with Crippen LogP contribution in [-0.4, -0.2) is 22.2 Å². The Morgan fingerprint density at radius 2 is 2.00 bits per heavy atom. The van der Waals surface area contributed by atoms with E-state index in [1.807, 2.05) is 0 Å². The highest BCUT2D eigenvalue weighted by Crippen LogP contribution is 2.09. The number of benzene rings is 1. The molecule has 3 N–H and O–H groups in total. The summed E-state index contributed by atoms with van der Waals surface area (Å²) in [6.45, 7) is 2.07. The molecule has 0 saturated heterocycles. The Kier molecular flexibility index (Phi) is 3.48. The van der Waals surface area contributed by atoms with Crippen LogP contribution in [0.15, 0.2) is 24.3 Å². The van der Waals surface area contributed by atoms with Gasteiger partial charge in [-0.1, -0.05) is 12.1 Å². The molecule has 0 spiro atoms. The lowest BCUT2D eigenvalue weighted by molar-refractivity contribution is -0.139. The van der Waals surface area contributed by atoms with Gasteiger partial charge in [-0.15, -0.1) is 0 Å². The van der Waals surface area contributed by atoms with E-state index in [2.05, 4.69) is 5.32 Å². The van der Waals surface area contributed by atoms with E-state index >= 15 is 0 Å². The van der Waals surface area contributed by atoms with Crippen molar-refractivity contribution in [2.75, 3.05) is 0 Å². The van der Waals surface area contributed by atoms with Crippen molar-refractivity contribution in [3.05, 3.63) is 29.8 Å². The lowest BCUT2D eigenvalue weighted by atomic mass is 10.2. The second-order valence-electron chi connectivity index (χ2n) is 3.11. The Labute approximate surface area is 82.2 Å². The quantitative estimate of drug-likeness (QED) is 0.669. The zero-order valence-corrected chi connectivity index (χ0v) is 7.90. The van der Waals surface area contributed by atoms with Crippen molar-refractivity contribution in [2.24, 2.45) is 0 Å². The molecular weight excluding hydrogens is 182 g/mol. The summed E-state index contributed by atoms with van der Waals surface area (Å²) in [6.07, 6.45) is 0. The second-order valence-corrected chi connectivity index (χ2v) is 3.11. The fourth-order valence-electron chi connectivity index (χ4n) is 0.972. The van der Waals surface area contributed by atoms with Crippen molar-refractivity contribution in [1.82, 2.24) is 5.32 Å². The summed E-state index contributed by atoms with van der Waals surface area (Å²) in [5.41, 5.74) is 0.941. The van der Waals surface area contributed by atoms with E-state index in [-0.39, 0.29) is 5.75 Å². The minimum Gasteiger partial charge on any atom is -0.508 e. The average Bonchev–Trinajstić information content (AvgIpc) is 2.16. The average molecular weight is 195 g/mol. The first kappa shape index (κ1) is 10.5. The normalized spacial score (nSPS) is 12.4. The first-order chi connectivity index (χ1) is 6.59. The zero-order valence-electron chi connectivity index (χ0n) is 7.90. The van der Waals surface area contributed by atoms with Crippen LogP contribution >= 0.6 is 0 Å². The van der Waals surface area contributed by atoms with Crippen LogP contribution in [0.3, 0.4) is 0 Å². The van der Waals surface area contributed by atoms with Gasteiger partial charge in [0.15, 0.2) is 0 Å². The number of aromatic hydroxyl groups is 1. The molecule has 76 valence electrons. The van der Waals surface area contributed by atoms with E-state index in [1.165, 1.54) is 0 Å². The SMILES string of the molecule is C[C@@H](NCc1ccc(O)cc1)C(=O)O. The number of carboxylic acids is 1. The third-order valence-electron chi connectivity index (χ3n) is 1.92. The first-order valence-electron chi connectivity index (χ1n) is 4.33. The summed E-state index contributed by atoms with van der Waals surface area (Å²) in [5, 5.41) is 20.4. The number of aliphatic carboxylic acids is 1. The van der Waals surface area contributed by atoms with E-state index in [1.54, 1.807) is 31.2 Å². The first-order valence-corrected chi connectivity index (χ1v) is 4.33. The Morgan fingerprint density at radius 1 is 1.43 bits per heavy atom. The molecule has 1 aromatic rings. The van der Waals surface area contributed by atoms with Gasteiger partial charge in [0.05, 0.1) is 0 Å². The maximum Gasteiger partial charge on any atom is 0.320 e. The van der Waals surface area contributed by atoms with Crippen LogP contribution < -0.4 is 5.32 Å². The molecule has 1 rings (SSSR count). The molecule has 0 aromatic heterocycles. The third kappa shape index (κ3) is 3.06. The lowest BCUT2D eigenvalue weighted by Crippen LogP contribution is -2.33. The molecule has 0 aliphatic rings. The number of phenolic OH excluding ortho intramolecular Hbond substituents is 1. The summed E-state index contributed by atoms with van der Waals surface area (Å²) in [5.74, 6) is -0.663. The maximum atomic E-state index is 10.5. The van der Waals surface area contributed by atoms with E-state index < -0.39 is 12.0 Å². The fourth-order valence-corrected chi connectivity index (χ4v) is 0.972. The topological polar surface area (TPSA) is 69.6 Å². The summed E-state index contributed by atoms with van der Waals surface area (Å²) in [7, 11) is 0. The minimum atomic E-state index is -0.872. The third-order valence-corrected chi connectivity index (χ3v) is 1.92. The molecule has 0 saturated carbocycles. The van der Waals surface area contributed by atoms with Crippen LogP contribution in [0.5, 0.6) is 5.75 Å². The summed E-state index contributed by atoms with van der Waals surface area (Å²) in [6, 6.07) is 6.07. The highest BCUT2D eigenvalue weighted by Gasteiger charge is 2.08. The number of phenols is 1. The molecular formula is C10H13NO3. The number of rotatable bonds is 4. The molecule has 0 unspecified atom stereocenters. The van der Waals surface area contributed by atoms with Crippen LogP contribution in [0.1, 0.15) is 12.5 Å². The van der Waals surface area contributed by atoms with Gasteiger partial charge in [0.25, 0.3) is 0 Å². The van der Waals surface area contributed by atoms with E-state index in [4.69, 9.17) is 10.2 Å². The monoisotopic (exact) mass is 195 g/mol. The van der Waals surface area contributed by atoms with Crippen LogP contribution in [0.2, 0.25) is 0 Å². The molecule has 0 aliphatic carbocycles. The molecule has 14 heavy (non-hydrogen) atoms. The van der Waals surface area contributed by atoms with Gasteiger partial charge in [-0.05, 0) is 24.6 Å². The lowest BCUT2D eigenvalue weighted by Gasteiger charge is -2.08. The highest BCUT2D eigenvalue weighted by atomic mass is 16.4. The van der Waals surface area contributed by atoms with Gasteiger partial charge in [-0.3, -0.25) is 4.79 Å². The number of nitrogens with one attached hydrogen (secondary N) is 1. The summed E-state index contributed by atoms with van der Waals surface area (Å²) >= 11 is 0. The smallest absolute Gasteiger partial charge is 0.320 e. The van der Waals surface area contributed by atoms with Crippen LogP contribution in [0.4, 0.5) is 0 Å². The number of carboxylic acid groups (broad SMARTS) is 1. The van der Waals surface area contributed by atoms with Crippen molar-refractivity contribution in [1.29, 1.82) is 0 Å². The molecule has 0 bridgehead atoms. The molecule has 0 heterocycles. The van der Waals surface area contributed by atoms with Gasteiger partial charge in [0, 0.05) is 6.54 Å². The molecule has 0 fully saturated rings. The van der Waals surface area contributed by atoms with Crippen LogP contribution in [0.25, 0.3) is 0 Å². The fraction of sp³-hybridized carbons (Fsp3) is 0.300. The summed E-state index contributed by atoms with van der Waals surface area (Å²) in [4.78, 5) is 10.5. The number of hydrogen-bond acceptors (Lipinski definition) is 3. The Hall–Kier alpha value is -1.55. The van der Waals surface area contributed by atoms with Crippen LogP contribution in [0, 0.1) is 0 Å². The van der Waals surface area contributed by atoms with Gasteiger partial charge >= 0.3 is 5.97 Å². The predicted molar refractivity (Wildman–Crippen MR) is 52.0 cm³/mol. The standard InChI is InChI=1S/C10H13NO3/c1-7(10(13)14)11-6-8-2-4-9(12)5-3-8/h2-5,7,11-12H,6H2,1H3,(H,13,14)/t7-/m1/s1. The molecule has 1 atom stereocenters. The van der Waals surface area contributed by atoms with Gasteiger partial charge in [-0.2, -0.15) is 0 Å². The van der Waals surface area contributed by atoms with E-state index in [9.17, 15) is 4.79 Å². The Bertz CT molecular complexity index is 308. The number of hydrogen-bond donors (Lipinski definition) is 3. The number of carbonyl (C=O) groups is 1. The maximum absolute atomic E-state index is 10.5. The van der Waals surface area contributed by atoms with E-state index in [0.717, 1.165) is 5.56 Å². The van der Waals surface area contributed by atoms with Gasteiger partial charge in [-0.25, -0.2) is 0 Å². The molecule has 4 heteroatoms. The molecule has 0 aliphatic heterocycles. The van der Waals surface area contributed by atoms with E-state index in [0.29, 0.717) is 6.54 Å². The molecule has 0 radical (unpaired) electrons. The van der Waals surface area contributed by atoms with Crippen molar-refractivity contribution < 1.29 is 15.0 Å². The largest absolute Gasteiger partial charge is 0.508 e. The Morgan fingerprint density at radius 3 is 2.50 bits per heavy atom. The highest BCUT2D eigenvalue weighted by molar-refractivity contribution is 5.72. The van der Waals surface area contributed by atoms with Crippen molar-refractivity contribution in [3.8, 4) is 5.75 Å². The second kappa shape index (κ2) is 4.62. The van der Waals surface area contributed by atoms with Crippen LogP contribution in [-0.2, 0) is 11.3 Å². The van der Waals surface area contributed by atoms with Gasteiger partial charge < -0.3 is 15.5 Å².